The minimum atomic E-state index is -0.922. The fraction of sp³-hybridized carbons (Fsp3) is 0.769. The first-order valence-electron chi connectivity index (χ1n) is 6.61. The first kappa shape index (κ1) is 15.3. The second kappa shape index (κ2) is 6.98. The number of nitrogens with one attached hydrogen (secondary N) is 1. The fourth-order valence-corrected chi connectivity index (χ4v) is 1.89. The first-order valence-corrected chi connectivity index (χ1v) is 6.61. The molecule has 1 unspecified atom stereocenters. The Bertz CT molecular complexity index is 372. The normalized spacial score (nSPS) is 15.7. The van der Waals surface area contributed by atoms with Crippen LogP contribution < -0.4 is 5.32 Å². The first-order chi connectivity index (χ1) is 8.95. The van der Waals surface area contributed by atoms with Crippen LogP contribution in [0, 0.1) is 17.2 Å². The van der Waals surface area contributed by atoms with Crippen LogP contribution in [0.2, 0.25) is 0 Å². The Kier molecular flexibility index (Phi) is 5.61. The molecule has 0 heterocycles. The van der Waals surface area contributed by atoms with Crippen LogP contribution in [0.3, 0.4) is 0 Å². The van der Waals surface area contributed by atoms with E-state index < -0.39 is 5.97 Å². The van der Waals surface area contributed by atoms with Gasteiger partial charge in [0, 0.05) is 18.6 Å². The zero-order valence-corrected chi connectivity index (χ0v) is 11.4. The largest absolute Gasteiger partial charge is 0.481 e. The van der Waals surface area contributed by atoms with E-state index in [2.05, 4.69) is 5.32 Å². The van der Waals surface area contributed by atoms with Crippen molar-refractivity contribution in [2.75, 3.05) is 6.54 Å². The van der Waals surface area contributed by atoms with Gasteiger partial charge in [0.2, 0.25) is 0 Å². The zero-order chi connectivity index (χ0) is 14.4. The minimum absolute atomic E-state index is 0.0528. The Balaban J connectivity index is 2.57. The molecule has 1 atom stereocenters. The van der Waals surface area contributed by atoms with E-state index in [1.54, 1.807) is 4.90 Å². The third-order valence-electron chi connectivity index (χ3n) is 3.22. The molecular weight excluding hydrogens is 246 g/mol. The number of nitrogens with zero attached hydrogens (tertiary/aromatic N) is 2. The topological polar surface area (TPSA) is 93.4 Å². The van der Waals surface area contributed by atoms with Crippen molar-refractivity contribution in [3.05, 3.63) is 0 Å². The SMILES string of the molecule is CC(C)C(CC(=O)O)NC(=O)N(CCC#N)C1CC1. The highest BCUT2D eigenvalue weighted by molar-refractivity contribution is 5.76. The Morgan fingerprint density at radius 2 is 2.11 bits per heavy atom. The summed E-state index contributed by atoms with van der Waals surface area (Å²) in [6.07, 6.45) is 2.14. The van der Waals surface area contributed by atoms with E-state index >= 15 is 0 Å². The van der Waals surface area contributed by atoms with E-state index in [9.17, 15) is 9.59 Å². The number of urea groups is 1. The van der Waals surface area contributed by atoms with Crippen LogP contribution in [-0.4, -0.2) is 40.6 Å². The van der Waals surface area contributed by atoms with E-state index in [4.69, 9.17) is 10.4 Å². The number of hydrogen-bond donors (Lipinski definition) is 2. The van der Waals surface area contributed by atoms with Gasteiger partial charge in [0.15, 0.2) is 0 Å². The molecule has 0 radical (unpaired) electrons. The summed E-state index contributed by atoms with van der Waals surface area (Å²) >= 11 is 0. The fourth-order valence-electron chi connectivity index (χ4n) is 1.89. The zero-order valence-electron chi connectivity index (χ0n) is 11.4. The average Bonchev–Trinajstić information content (AvgIpc) is 3.12. The predicted octanol–water partition coefficient (Wildman–Crippen LogP) is 1.57. The molecule has 1 fully saturated rings. The number of carbonyl (C=O) groups excluding carboxylic acids is 1. The van der Waals surface area contributed by atoms with Crippen molar-refractivity contribution in [2.24, 2.45) is 5.92 Å². The number of rotatable bonds is 7. The molecule has 0 aromatic rings. The average molecular weight is 267 g/mol. The molecule has 1 rings (SSSR count). The van der Waals surface area contributed by atoms with Crippen LogP contribution >= 0.6 is 0 Å². The Morgan fingerprint density at radius 1 is 1.47 bits per heavy atom. The molecule has 0 saturated heterocycles. The Labute approximate surface area is 113 Å². The lowest BCUT2D eigenvalue weighted by Gasteiger charge is -2.27. The van der Waals surface area contributed by atoms with Gasteiger partial charge in [-0.15, -0.1) is 0 Å². The second-order valence-corrected chi connectivity index (χ2v) is 5.23. The summed E-state index contributed by atoms with van der Waals surface area (Å²) < 4.78 is 0. The van der Waals surface area contributed by atoms with Crippen molar-refractivity contribution >= 4 is 12.0 Å². The molecule has 0 bridgehead atoms. The Hall–Kier alpha value is -1.77. The summed E-state index contributed by atoms with van der Waals surface area (Å²) in [6.45, 7) is 4.17. The number of hydrogen-bond acceptors (Lipinski definition) is 3. The molecule has 6 heteroatoms. The van der Waals surface area contributed by atoms with Crippen LogP contribution in [0.5, 0.6) is 0 Å². The smallest absolute Gasteiger partial charge is 0.317 e. The summed E-state index contributed by atoms with van der Waals surface area (Å²) in [6, 6.07) is 1.61. The molecule has 106 valence electrons. The van der Waals surface area contributed by atoms with Gasteiger partial charge in [-0.05, 0) is 18.8 Å². The van der Waals surface area contributed by atoms with Crippen LogP contribution in [0.15, 0.2) is 0 Å². The van der Waals surface area contributed by atoms with Gasteiger partial charge in [-0.1, -0.05) is 13.8 Å². The predicted molar refractivity (Wildman–Crippen MR) is 69.4 cm³/mol. The quantitative estimate of drug-likeness (QED) is 0.732. The number of carboxylic acid groups (broad SMARTS) is 1. The highest BCUT2D eigenvalue weighted by Gasteiger charge is 2.33. The summed E-state index contributed by atoms with van der Waals surface area (Å²) in [5, 5.41) is 20.2. The molecule has 1 aliphatic carbocycles. The maximum absolute atomic E-state index is 12.1. The number of aliphatic carboxylic acids is 1. The van der Waals surface area contributed by atoms with Gasteiger partial charge < -0.3 is 15.3 Å². The number of carboxylic acids is 1. The van der Waals surface area contributed by atoms with Crippen molar-refractivity contribution in [1.82, 2.24) is 10.2 Å². The monoisotopic (exact) mass is 267 g/mol. The van der Waals surface area contributed by atoms with Crippen molar-refractivity contribution in [3.63, 3.8) is 0 Å². The van der Waals surface area contributed by atoms with Crippen molar-refractivity contribution in [2.45, 2.75) is 51.6 Å². The lowest BCUT2D eigenvalue weighted by molar-refractivity contribution is -0.137. The van der Waals surface area contributed by atoms with Crippen molar-refractivity contribution < 1.29 is 14.7 Å². The molecular formula is C13H21N3O3. The number of carbonyl (C=O) groups is 2. The molecule has 6 nitrogen and oxygen atoms in total. The van der Waals surface area contributed by atoms with Crippen molar-refractivity contribution in [1.29, 1.82) is 5.26 Å². The number of amides is 2. The third-order valence-corrected chi connectivity index (χ3v) is 3.22. The Morgan fingerprint density at radius 3 is 2.53 bits per heavy atom. The van der Waals surface area contributed by atoms with Crippen LogP contribution in [0.1, 0.15) is 39.5 Å². The third kappa shape index (κ3) is 5.16. The highest BCUT2D eigenvalue weighted by atomic mass is 16.4. The van der Waals surface area contributed by atoms with E-state index in [1.807, 2.05) is 19.9 Å². The van der Waals surface area contributed by atoms with Crippen molar-refractivity contribution in [3.8, 4) is 6.07 Å². The van der Waals surface area contributed by atoms with Crippen LogP contribution in [0.25, 0.3) is 0 Å². The molecule has 0 spiro atoms. The van der Waals surface area contributed by atoms with Crippen LogP contribution in [-0.2, 0) is 4.79 Å². The van der Waals surface area contributed by atoms with Gasteiger partial charge in [0.1, 0.15) is 0 Å². The molecule has 1 aliphatic rings. The van der Waals surface area contributed by atoms with Crippen LogP contribution in [0.4, 0.5) is 4.79 Å². The summed E-state index contributed by atoms with van der Waals surface area (Å²) in [7, 11) is 0. The van der Waals surface area contributed by atoms with E-state index in [0.717, 1.165) is 12.8 Å². The molecule has 0 aromatic heterocycles. The van der Waals surface area contributed by atoms with E-state index in [1.165, 1.54) is 0 Å². The maximum Gasteiger partial charge on any atom is 0.317 e. The molecule has 0 aliphatic heterocycles. The lowest BCUT2D eigenvalue weighted by Crippen LogP contribution is -2.48. The molecule has 0 aromatic carbocycles. The van der Waals surface area contributed by atoms with Gasteiger partial charge in [-0.2, -0.15) is 5.26 Å². The highest BCUT2D eigenvalue weighted by Crippen LogP contribution is 2.27. The van der Waals surface area contributed by atoms with E-state index in [-0.39, 0.29) is 30.5 Å². The molecule has 1 saturated carbocycles. The van der Waals surface area contributed by atoms with Gasteiger partial charge in [-0.25, -0.2) is 4.79 Å². The minimum Gasteiger partial charge on any atom is -0.481 e. The van der Waals surface area contributed by atoms with Gasteiger partial charge in [0.25, 0.3) is 0 Å². The van der Waals surface area contributed by atoms with E-state index in [0.29, 0.717) is 13.0 Å². The molecule has 2 amide bonds. The van der Waals surface area contributed by atoms with Gasteiger partial charge in [0.05, 0.1) is 18.9 Å². The standard InChI is InChI=1S/C13H21N3O3/c1-9(2)11(8-12(17)18)15-13(19)16(7-3-6-14)10-4-5-10/h9-11H,3-5,7-8H2,1-2H3,(H,15,19)(H,17,18). The molecule has 19 heavy (non-hydrogen) atoms. The molecule has 2 N–H and O–H groups in total. The van der Waals surface area contributed by atoms with Gasteiger partial charge in [-0.3, -0.25) is 4.79 Å². The maximum atomic E-state index is 12.1. The summed E-state index contributed by atoms with van der Waals surface area (Å²) in [4.78, 5) is 24.6. The second-order valence-electron chi connectivity index (χ2n) is 5.23. The number of nitriles is 1. The summed E-state index contributed by atoms with van der Waals surface area (Å²) in [5.41, 5.74) is 0. The lowest BCUT2D eigenvalue weighted by atomic mass is 10.0. The summed E-state index contributed by atoms with van der Waals surface area (Å²) in [5.74, 6) is -0.869. The van der Waals surface area contributed by atoms with Gasteiger partial charge >= 0.3 is 12.0 Å².